The van der Waals surface area contributed by atoms with E-state index in [4.69, 9.17) is 16.0 Å². The molecule has 0 aliphatic rings. The summed E-state index contributed by atoms with van der Waals surface area (Å²) < 4.78 is 5.31. The highest BCUT2D eigenvalue weighted by Crippen LogP contribution is 2.19. The lowest BCUT2D eigenvalue weighted by molar-refractivity contribution is 0.105. The maximum Gasteiger partial charge on any atom is 0.287 e. The number of carbonyl (C=O) groups is 1. The SMILES string of the molecule is Cc1cc(C)c2oc(C(=O)Cl)cc(=O)c2c1. The van der Waals surface area contributed by atoms with Gasteiger partial charge in [0.1, 0.15) is 5.58 Å². The zero-order valence-electron chi connectivity index (χ0n) is 8.83. The van der Waals surface area contributed by atoms with E-state index in [1.54, 1.807) is 6.07 Å². The second kappa shape index (κ2) is 3.76. The summed E-state index contributed by atoms with van der Waals surface area (Å²) in [4.78, 5) is 22.7. The highest BCUT2D eigenvalue weighted by atomic mass is 35.5. The molecule has 0 radical (unpaired) electrons. The Morgan fingerprint density at radius 1 is 1.25 bits per heavy atom. The third-order valence-electron chi connectivity index (χ3n) is 2.35. The zero-order valence-corrected chi connectivity index (χ0v) is 9.59. The first-order valence-electron chi connectivity index (χ1n) is 4.74. The van der Waals surface area contributed by atoms with E-state index in [9.17, 15) is 9.59 Å². The molecule has 4 heteroatoms. The van der Waals surface area contributed by atoms with Gasteiger partial charge in [0.2, 0.25) is 0 Å². The van der Waals surface area contributed by atoms with Crippen LogP contribution in [0.4, 0.5) is 0 Å². The van der Waals surface area contributed by atoms with Crippen LogP contribution < -0.4 is 5.43 Å². The number of carbonyl (C=O) groups excluding carboxylic acids is 1. The molecule has 0 bridgehead atoms. The number of halogens is 1. The molecule has 0 saturated heterocycles. The number of hydrogen-bond donors (Lipinski definition) is 0. The first-order valence-corrected chi connectivity index (χ1v) is 5.12. The zero-order chi connectivity index (χ0) is 11.9. The summed E-state index contributed by atoms with van der Waals surface area (Å²) in [5.74, 6) is -0.119. The molecule has 82 valence electrons. The normalized spacial score (nSPS) is 10.7. The van der Waals surface area contributed by atoms with Crippen molar-refractivity contribution in [2.24, 2.45) is 0 Å². The fourth-order valence-electron chi connectivity index (χ4n) is 1.71. The van der Waals surface area contributed by atoms with Gasteiger partial charge in [0.15, 0.2) is 11.2 Å². The van der Waals surface area contributed by atoms with Crippen LogP contribution in [0.5, 0.6) is 0 Å². The molecule has 0 fully saturated rings. The first kappa shape index (κ1) is 10.9. The summed E-state index contributed by atoms with van der Waals surface area (Å²) >= 11 is 5.29. The Kier molecular flexibility index (Phi) is 2.56. The Balaban J connectivity index is 2.93. The van der Waals surface area contributed by atoms with Gasteiger partial charge in [-0.3, -0.25) is 9.59 Å². The summed E-state index contributed by atoms with van der Waals surface area (Å²) in [6.45, 7) is 3.72. The summed E-state index contributed by atoms with van der Waals surface area (Å²) in [6, 6.07) is 4.74. The van der Waals surface area contributed by atoms with Crippen molar-refractivity contribution in [1.82, 2.24) is 0 Å². The molecule has 2 rings (SSSR count). The predicted molar refractivity (Wildman–Crippen MR) is 62.1 cm³/mol. The molecule has 0 aliphatic heterocycles. The van der Waals surface area contributed by atoms with Crippen molar-refractivity contribution in [3.05, 3.63) is 45.3 Å². The van der Waals surface area contributed by atoms with E-state index in [0.717, 1.165) is 17.2 Å². The largest absolute Gasteiger partial charge is 0.451 e. The maximum absolute atomic E-state index is 11.7. The summed E-state index contributed by atoms with van der Waals surface area (Å²) in [6.07, 6.45) is 0. The van der Waals surface area contributed by atoms with Crippen molar-refractivity contribution >= 4 is 27.8 Å². The number of hydrogen-bond acceptors (Lipinski definition) is 3. The third kappa shape index (κ3) is 1.74. The monoisotopic (exact) mass is 236 g/mol. The van der Waals surface area contributed by atoms with Gasteiger partial charge in [-0.25, -0.2) is 0 Å². The van der Waals surface area contributed by atoms with Crippen LogP contribution in [0.3, 0.4) is 0 Å². The number of fused-ring (bicyclic) bond motifs is 1. The van der Waals surface area contributed by atoms with E-state index < -0.39 is 5.24 Å². The van der Waals surface area contributed by atoms with Crippen LogP contribution in [0.15, 0.2) is 27.4 Å². The van der Waals surface area contributed by atoms with Gasteiger partial charge in [-0.1, -0.05) is 6.07 Å². The molecule has 1 aromatic carbocycles. The number of aryl methyl sites for hydroxylation is 2. The number of benzene rings is 1. The van der Waals surface area contributed by atoms with Crippen LogP contribution in [0, 0.1) is 13.8 Å². The van der Waals surface area contributed by atoms with Crippen LogP contribution >= 0.6 is 11.6 Å². The van der Waals surface area contributed by atoms with E-state index in [-0.39, 0.29) is 11.2 Å². The standard InChI is InChI=1S/C12H9ClO3/c1-6-3-7(2)11-8(4-6)9(14)5-10(16-11)12(13)15/h3-5H,1-2H3. The van der Waals surface area contributed by atoms with Gasteiger partial charge in [0.05, 0.1) is 5.39 Å². The smallest absolute Gasteiger partial charge is 0.287 e. The Bertz CT molecular complexity index is 640. The predicted octanol–water partition coefficient (Wildman–Crippen LogP) is 2.79. The van der Waals surface area contributed by atoms with E-state index in [1.165, 1.54) is 0 Å². The first-order chi connectivity index (χ1) is 7.49. The molecule has 0 saturated carbocycles. The van der Waals surface area contributed by atoms with Crippen molar-refractivity contribution in [3.63, 3.8) is 0 Å². The lowest BCUT2D eigenvalue weighted by atomic mass is 10.1. The van der Waals surface area contributed by atoms with Crippen LogP contribution in [0.25, 0.3) is 11.0 Å². The third-order valence-corrected chi connectivity index (χ3v) is 2.54. The van der Waals surface area contributed by atoms with Crippen molar-refractivity contribution in [3.8, 4) is 0 Å². The second-order valence-electron chi connectivity index (χ2n) is 3.71. The lowest BCUT2D eigenvalue weighted by Crippen LogP contribution is -2.05. The topological polar surface area (TPSA) is 47.3 Å². The highest BCUT2D eigenvalue weighted by Gasteiger charge is 2.11. The second-order valence-corrected chi connectivity index (χ2v) is 4.05. The van der Waals surface area contributed by atoms with Crippen molar-refractivity contribution in [2.45, 2.75) is 13.8 Å². The van der Waals surface area contributed by atoms with E-state index in [0.29, 0.717) is 11.0 Å². The van der Waals surface area contributed by atoms with Gasteiger partial charge in [-0.15, -0.1) is 0 Å². The minimum Gasteiger partial charge on any atom is -0.451 e. The van der Waals surface area contributed by atoms with Gasteiger partial charge in [-0.2, -0.15) is 0 Å². The van der Waals surface area contributed by atoms with Gasteiger partial charge >= 0.3 is 0 Å². The van der Waals surface area contributed by atoms with Crippen LogP contribution in [0.2, 0.25) is 0 Å². The summed E-state index contributed by atoms with van der Waals surface area (Å²) in [5, 5.41) is -0.293. The molecule has 0 unspecified atom stereocenters. The number of rotatable bonds is 1. The maximum atomic E-state index is 11.7. The molecule has 1 heterocycles. The van der Waals surface area contributed by atoms with E-state index >= 15 is 0 Å². The summed E-state index contributed by atoms with van der Waals surface area (Å²) in [5.41, 5.74) is 1.95. The minimum absolute atomic E-state index is 0.119. The Morgan fingerprint density at radius 2 is 1.94 bits per heavy atom. The quantitative estimate of drug-likeness (QED) is 0.716. The fourth-order valence-corrected chi connectivity index (χ4v) is 1.80. The van der Waals surface area contributed by atoms with E-state index in [1.807, 2.05) is 19.9 Å². The molecule has 16 heavy (non-hydrogen) atoms. The Morgan fingerprint density at radius 3 is 2.56 bits per heavy atom. The van der Waals surface area contributed by atoms with Gasteiger partial charge < -0.3 is 4.42 Å². The average molecular weight is 237 g/mol. The molecular weight excluding hydrogens is 228 g/mol. The van der Waals surface area contributed by atoms with Crippen molar-refractivity contribution in [2.75, 3.05) is 0 Å². The Hall–Kier alpha value is -1.61. The van der Waals surface area contributed by atoms with Crippen LogP contribution in [-0.4, -0.2) is 5.24 Å². The van der Waals surface area contributed by atoms with Gasteiger partial charge in [0.25, 0.3) is 5.24 Å². The van der Waals surface area contributed by atoms with Crippen molar-refractivity contribution in [1.29, 1.82) is 0 Å². The average Bonchev–Trinajstić information content (AvgIpc) is 2.19. The lowest BCUT2D eigenvalue weighted by Gasteiger charge is -2.03. The fraction of sp³-hybridized carbons (Fsp3) is 0.167. The molecule has 1 aromatic heterocycles. The molecule has 0 aliphatic carbocycles. The van der Waals surface area contributed by atoms with Crippen molar-refractivity contribution < 1.29 is 9.21 Å². The molecule has 0 amide bonds. The Labute approximate surface area is 96.6 Å². The molecule has 3 nitrogen and oxygen atoms in total. The minimum atomic E-state index is -0.765. The summed E-state index contributed by atoms with van der Waals surface area (Å²) in [7, 11) is 0. The van der Waals surface area contributed by atoms with E-state index in [2.05, 4.69) is 0 Å². The molecule has 0 N–H and O–H groups in total. The van der Waals surface area contributed by atoms with Gasteiger partial charge in [0, 0.05) is 6.07 Å². The molecular formula is C12H9ClO3. The van der Waals surface area contributed by atoms with Crippen LogP contribution in [0.1, 0.15) is 21.7 Å². The van der Waals surface area contributed by atoms with Gasteiger partial charge in [-0.05, 0) is 42.6 Å². The molecule has 2 aromatic rings. The van der Waals surface area contributed by atoms with Crippen LogP contribution in [-0.2, 0) is 0 Å². The molecule has 0 spiro atoms. The highest BCUT2D eigenvalue weighted by molar-refractivity contribution is 6.67. The molecule has 0 atom stereocenters.